The van der Waals surface area contributed by atoms with Crippen molar-refractivity contribution < 1.29 is 28.6 Å². The van der Waals surface area contributed by atoms with Crippen molar-refractivity contribution in [3.8, 4) is 0 Å². The van der Waals surface area contributed by atoms with Crippen LogP contribution < -0.4 is 0 Å². The number of ether oxygens (including phenoxy) is 3. The largest absolute Gasteiger partial charge is 0.462 e. The standard InChI is InChI=1S/C59H108O6/c1-4-7-10-13-16-19-21-23-25-26-27-28-29-30-31-32-34-35-37-40-43-46-49-52-58(61)64-55-56(54-63-57(60)51-48-45-42-39-18-15-12-9-6-3)65-59(62)53-50-47-44-41-38-36-33-24-22-20-17-14-11-8-5-2/h8,11,17,20,24,33,56H,4-7,9-10,12-16,18-19,21-23,25-32,34-55H2,1-3H3/b11-8-,20-17-,33-24-. The average molecular weight is 914 g/mol. The van der Waals surface area contributed by atoms with Crippen molar-refractivity contribution in [2.75, 3.05) is 13.2 Å². The maximum Gasteiger partial charge on any atom is 0.306 e. The summed E-state index contributed by atoms with van der Waals surface area (Å²) in [5.74, 6) is -0.879. The van der Waals surface area contributed by atoms with Crippen LogP contribution in [0.3, 0.4) is 0 Å². The summed E-state index contributed by atoms with van der Waals surface area (Å²) >= 11 is 0. The number of unbranched alkanes of at least 4 members (excludes halogenated alkanes) is 35. The number of carbonyl (C=O) groups excluding carboxylic acids is 3. The summed E-state index contributed by atoms with van der Waals surface area (Å²) in [5.41, 5.74) is 0. The molecule has 1 unspecified atom stereocenters. The van der Waals surface area contributed by atoms with E-state index in [1.807, 2.05) is 0 Å². The summed E-state index contributed by atoms with van der Waals surface area (Å²) in [6.45, 7) is 6.53. The molecule has 0 spiro atoms. The van der Waals surface area contributed by atoms with Gasteiger partial charge in [0.1, 0.15) is 13.2 Å². The highest BCUT2D eigenvalue weighted by molar-refractivity contribution is 5.71. The molecule has 0 N–H and O–H groups in total. The highest BCUT2D eigenvalue weighted by atomic mass is 16.6. The topological polar surface area (TPSA) is 78.9 Å². The van der Waals surface area contributed by atoms with Crippen molar-refractivity contribution in [1.82, 2.24) is 0 Å². The van der Waals surface area contributed by atoms with Crippen molar-refractivity contribution in [3.63, 3.8) is 0 Å². The van der Waals surface area contributed by atoms with Gasteiger partial charge < -0.3 is 14.2 Å². The van der Waals surface area contributed by atoms with Crippen LogP contribution in [0.4, 0.5) is 0 Å². The fraction of sp³-hybridized carbons (Fsp3) is 0.847. The van der Waals surface area contributed by atoms with E-state index in [4.69, 9.17) is 14.2 Å². The predicted octanol–water partition coefficient (Wildman–Crippen LogP) is 18.9. The van der Waals surface area contributed by atoms with E-state index in [1.54, 1.807) is 0 Å². The highest BCUT2D eigenvalue weighted by Crippen LogP contribution is 2.17. The molecule has 0 aliphatic carbocycles. The molecule has 0 amide bonds. The van der Waals surface area contributed by atoms with E-state index in [-0.39, 0.29) is 31.1 Å². The average Bonchev–Trinajstić information content (AvgIpc) is 3.30. The van der Waals surface area contributed by atoms with Gasteiger partial charge in [-0.05, 0) is 51.4 Å². The number of esters is 3. The molecule has 0 saturated heterocycles. The van der Waals surface area contributed by atoms with Gasteiger partial charge in [0.05, 0.1) is 0 Å². The first kappa shape index (κ1) is 62.6. The Kier molecular flexibility index (Phi) is 52.3. The van der Waals surface area contributed by atoms with Gasteiger partial charge in [-0.2, -0.15) is 0 Å². The smallest absolute Gasteiger partial charge is 0.306 e. The normalized spacial score (nSPS) is 12.2. The molecule has 6 nitrogen and oxygen atoms in total. The Balaban J connectivity index is 4.19. The van der Waals surface area contributed by atoms with Gasteiger partial charge in [0.25, 0.3) is 0 Å². The third-order valence-corrected chi connectivity index (χ3v) is 12.7. The van der Waals surface area contributed by atoms with E-state index in [0.29, 0.717) is 19.3 Å². The minimum atomic E-state index is -0.776. The first-order valence-corrected chi connectivity index (χ1v) is 28.5. The first-order valence-electron chi connectivity index (χ1n) is 28.5. The summed E-state index contributed by atoms with van der Waals surface area (Å²) in [4.78, 5) is 38.0. The maximum absolute atomic E-state index is 12.8. The molecule has 0 rings (SSSR count). The number of hydrogen-bond donors (Lipinski definition) is 0. The van der Waals surface area contributed by atoms with Crippen LogP contribution >= 0.6 is 0 Å². The molecule has 0 saturated carbocycles. The van der Waals surface area contributed by atoms with Crippen LogP contribution in [-0.4, -0.2) is 37.2 Å². The number of rotatable bonds is 52. The second kappa shape index (κ2) is 54.2. The van der Waals surface area contributed by atoms with Crippen LogP contribution in [0.15, 0.2) is 36.5 Å². The second-order valence-electron chi connectivity index (χ2n) is 19.2. The lowest BCUT2D eigenvalue weighted by Crippen LogP contribution is -2.30. The third-order valence-electron chi connectivity index (χ3n) is 12.7. The molecule has 0 aliphatic heterocycles. The Morgan fingerprint density at radius 1 is 0.323 bits per heavy atom. The summed E-state index contributed by atoms with van der Waals surface area (Å²) in [7, 11) is 0. The van der Waals surface area contributed by atoms with E-state index in [2.05, 4.69) is 57.2 Å². The number of allylic oxidation sites excluding steroid dienone is 6. The minimum Gasteiger partial charge on any atom is -0.462 e. The quantitative estimate of drug-likeness (QED) is 0.0262. The molecule has 0 aliphatic rings. The lowest BCUT2D eigenvalue weighted by atomic mass is 10.0. The Morgan fingerprint density at radius 2 is 0.600 bits per heavy atom. The fourth-order valence-electron chi connectivity index (χ4n) is 8.40. The van der Waals surface area contributed by atoms with Crippen molar-refractivity contribution >= 4 is 17.9 Å². The number of carbonyl (C=O) groups is 3. The van der Waals surface area contributed by atoms with Gasteiger partial charge in [0.15, 0.2) is 6.10 Å². The molecule has 0 aromatic rings. The Bertz CT molecular complexity index is 1090. The zero-order valence-corrected chi connectivity index (χ0v) is 43.5. The zero-order valence-electron chi connectivity index (χ0n) is 43.5. The predicted molar refractivity (Wildman–Crippen MR) is 279 cm³/mol. The van der Waals surface area contributed by atoms with Gasteiger partial charge in [0.2, 0.25) is 0 Å². The molecule has 0 aromatic heterocycles. The molecule has 0 heterocycles. The minimum absolute atomic E-state index is 0.0749. The lowest BCUT2D eigenvalue weighted by molar-refractivity contribution is -0.167. The SMILES string of the molecule is CC/C=C\C/C=C\C/C=C\CCCCCCCC(=O)OC(COC(=O)CCCCCCCCCCC)COC(=O)CCCCCCCCCCCCCCCCCCCCCCCCC. The van der Waals surface area contributed by atoms with E-state index >= 15 is 0 Å². The molecule has 0 bridgehead atoms. The van der Waals surface area contributed by atoms with Gasteiger partial charge in [-0.15, -0.1) is 0 Å². The van der Waals surface area contributed by atoms with Crippen LogP contribution in [0.2, 0.25) is 0 Å². The van der Waals surface area contributed by atoms with Crippen molar-refractivity contribution in [1.29, 1.82) is 0 Å². The van der Waals surface area contributed by atoms with Crippen LogP contribution in [-0.2, 0) is 28.6 Å². The van der Waals surface area contributed by atoms with E-state index in [1.165, 1.54) is 167 Å². The van der Waals surface area contributed by atoms with E-state index in [9.17, 15) is 14.4 Å². The summed E-state index contributed by atoms with van der Waals surface area (Å²) in [6, 6.07) is 0. The van der Waals surface area contributed by atoms with E-state index in [0.717, 1.165) is 96.3 Å². The summed E-state index contributed by atoms with van der Waals surface area (Å²) in [6.07, 6.45) is 64.4. The highest BCUT2D eigenvalue weighted by Gasteiger charge is 2.19. The van der Waals surface area contributed by atoms with Crippen molar-refractivity contribution in [3.05, 3.63) is 36.5 Å². The summed E-state index contributed by atoms with van der Waals surface area (Å²) in [5, 5.41) is 0. The molecule has 0 aromatic carbocycles. The van der Waals surface area contributed by atoms with Crippen LogP contribution in [0.1, 0.15) is 303 Å². The number of hydrogen-bond acceptors (Lipinski definition) is 6. The van der Waals surface area contributed by atoms with Gasteiger partial charge in [-0.25, -0.2) is 0 Å². The van der Waals surface area contributed by atoms with E-state index < -0.39 is 6.10 Å². The van der Waals surface area contributed by atoms with Gasteiger partial charge in [-0.1, -0.05) is 269 Å². The Hall–Kier alpha value is -2.37. The van der Waals surface area contributed by atoms with Crippen LogP contribution in [0.25, 0.3) is 0 Å². The molecule has 0 fully saturated rings. The Morgan fingerprint density at radius 3 is 0.938 bits per heavy atom. The van der Waals surface area contributed by atoms with Crippen molar-refractivity contribution in [2.45, 2.75) is 309 Å². The molecule has 6 heteroatoms. The second-order valence-corrected chi connectivity index (χ2v) is 19.2. The molecule has 1 atom stereocenters. The third kappa shape index (κ3) is 52.5. The molecule has 65 heavy (non-hydrogen) atoms. The van der Waals surface area contributed by atoms with Crippen LogP contribution in [0.5, 0.6) is 0 Å². The molecule has 0 radical (unpaired) electrons. The first-order chi connectivity index (χ1) is 32.0. The summed E-state index contributed by atoms with van der Waals surface area (Å²) < 4.78 is 16.8. The lowest BCUT2D eigenvalue weighted by Gasteiger charge is -2.18. The zero-order chi connectivity index (χ0) is 47.2. The molecule has 380 valence electrons. The van der Waals surface area contributed by atoms with Gasteiger partial charge >= 0.3 is 17.9 Å². The fourth-order valence-corrected chi connectivity index (χ4v) is 8.40. The van der Waals surface area contributed by atoms with Crippen molar-refractivity contribution in [2.24, 2.45) is 0 Å². The Labute approximate surface area is 404 Å². The van der Waals surface area contributed by atoms with Crippen LogP contribution in [0, 0.1) is 0 Å². The van der Waals surface area contributed by atoms with Gasteiger partial charge in [0, 0.05) is 19.3 Å². The van der Waals surface area contributed by atoms with Gasteiger partial charge in [-0.3, -0.25) is 14.4 Å². The monoisotopic (exact) mass is 913 g/mol. The molecular weight excluding hydrogens is 805 g/mol. The molecular formula is C59H108O6. The maximum atomic E-state index is 12.8.